The molecule has 0 aliphatic carbocycles. The minimum atomic E-state index is -0.333. The molecule has 0 radical (unpaired) electrons. The van der Waals surface area contributed by atoms with E-state index in [1.54, 1.807) is 0 Å². The van der Waals surface area contributed by atoms with E-state index in [1.165, 1.54) is 0 Å². The van der Waals surface area contributed by atoms with Crippen molar-refractivity contribution in [3.05, 3.63) is 0 Å². The Morgan fingerprint density at radius 3 is 2.87 bits per heavy atom. The van der Waals surface area contributed by atoms with Crippen LogP contribution < -0.4 is 11.3 Å². The summed E-state index contributed by atoms with van der Waals surface area (Å²) in [7, 11) is 3.96. The van der Waals surface area contributed by atoms with Gasteiger partial charge in [0, 0.05) is 19.1 Å². The van der Waals surface area contributed by atoms with Crippen LogP contribution in [-0.2, 0) is 4.79 Å². The van der Waals surface area contributed by atoms with Crippen molar-refractivity contribution in [2.24, 2.45) is 5.84 Å². The molecule has 0 aromatic rings. The molecule has 4 N–H and O–H groups in total. The second kappa shape index (κ2) is 5.41. The van der Waals surface area contributed by atoms with Crippen molar-refractivity contribution < 1.29 is 9.90 Å². The van der Waals surface area contributed by atoms with Gasteiger partial charge in [-0.2, -0.15) is 0 Å². The summed E-state index contributed by atoms with van der Waals surface area (Å²) >= 11 is 0. The van der Waals surface area contributed by atoms with E-state index in [2.05, 4.69) is 10.3 Å². The quantitative estimate of drug-likeness (QED) is 0.287. The number of amides is 1. The number of hydrogen-bond acceptors (Lipinski definition) is 5. The van der Waals surface area contributed by atoms with Crippen molar-refractivity contribution in [1.82, 2.24) is 15.2 Å². The van der Waals surface area contributed by atoms with Gasteiger partial charge in [0.1, 0.15) is 0 Å². The summed E-state index contributed by atoms with van der Waals surface area (Å²) in [5.41, 5.74) is 2.10. The van der Waals surface area contributed by atoms with Gasteiger partial charge in [-0.3, -0.25) is 15.1 Å². The number of β-amino-alcohol motifs (C(OH)–C–C–N with tert-alkyl or cyclic N) is 1. The Morgan fingerprint density at radius 1 is 1.67 bits per heavy atom. The van der Waals surface area contributed by atoms with Gasteiger partial charge in [-0.1, -0.05) is 0 Å². The molecule has 2 atom stereocenters. The highest BCUT2D eigenvalue weighted by Crippen LogP contribution is 2.17. The van der Waals surface area contributed by atoms with Gasteiger partial charge in [0.2, 0.25) is 5.91 Å². The van der Waals surface area contributed by atoms with E-state index < -0.39 is 0 Å². The normalized spacial score (nSPS) is 27.3. The number of hydrazine groups is 1. The maximum Gasteiger partial charge on any atom is 0.248 e. The fourth-order valence-electron chi connectivity index (χ4n) is 1.99. The van der Waals surface area contributed by atoms with Crippen molar-refractivity contribution in [2.75, 3.05) is 33.7 Å². The fraction of sp³-hybridized carbons (Fsp3) is 0.889. The molecule has 1 aliphatic heterocycles. The van der Waals surface area contributed by atoms with Crippen LogP contribution in [0.2, 0.25) is 0 Å². The highest BCUT2D eigenvalue weighted by atomic mass is 16.3. The van der Waals surface area contributed by atoms with E-state index in [1.807, 2.05) is 19.0 Å². The van der Waals surface area contributed by atoms with Gasteiger partial charge in [0.15, 0.2) is 0 Å². The Kier molecular flexibility index (Phi) is 4.46. The third kappa shape index (κ3) is 3.75. The molecule has 88 valence electrons. The minimum Gasteiger partial charge on any atom is -0.392 e. The van der Waals surface area contributed by atoms with Gasteiger partial charge in [-0.25, -0.2) is 5.84 Å². The second-order valence-electron chi connectivity index (χ2n) is 4.30. The van der Waals surface area contributed by atoms with Crippen LogP contribution in [0.5, 0.6) is 0 Å². The first-order chi connectivity index (χ1) is 7.02. The monoisotopic (exact) mass is 216 g/mol. The molecule has 1 saturated heterocycles. The van der Waals surface area contributed by atoms with Crippen LogP contribution >= 0.6 is 0 Å². The predicted octanol–water partition coefficient (Wildman–Crippen LogP) is -2.03. The number of aliphatic hydroxyl groups excluding tert-OH is 1. The molecule has 6 nitrogen and oxygen atoms in total. The molecule has 0 bridgehead atoms. The Morgan fingerprint density at radius 2 is 2.33 bits per heavy atom. The van der Waals surface area contributed by atoms with Crippen LogP contribution in [0.3, 0.4) is 0 Å². The lowest BCUT2D eigenvalue weighted by Gasteiger charge is -2.25. The van der Waals surface area contributed by atoms with Crippen molar-refractivity contribution in [2.45, 2.75) is 18.6 Å². The van der Waals surface area contributed by atoms with Gasteiger partial charge >= 0.3 is 0 Å². The Balaban J connectivity index is 2.48. The summed E-state index contributed by atoms with van der Waals surface area (Å²) < 4.78 is 0. The van der Waals surface area contributed by atoms with Crippen molar-refractivity contribution in [3.63, 3.8) is 0 Å². The molecule has 0 aromatic heterocycles. The summed E-state index contributed by atoms with van der Waals surface area (Å²) in [5.74, 6) is 4.82. The molecule has 15 heavy (non-hydrogen) atoms. The van der Waals surface area contributed by atoms with Gasteiger partial charge in [-0.15, -0.1) is 0 Å². The number of nitrogens with two attached hydrogens (primary N) is 1. The first-order valence-electron chi connectivity index (χ1n) is 5.09. The Labute approximate surface area is 90.0 Å². The van der Waals surface area contributed by atoms with Crippen LogP contribution in [0.15, 0.2) is 0 Å². The zero-order valence-electron chi connectivity index (χ0n) is 9.31. The fourth-order valence-corrected chi connectivity index (χ4v) is 1.99. The van der Waals surface area contributed by atoms with Gasteiger partial charge in [-0.05, 0) is 20.5 Å². The molecular formula is C9H20N4O2. The van der Waals surface area contributed by atoms with E-state index in [-0.39, 0.29) is 24.6 Å². The number of nitrogens with one attached hydrogen (secondary N) is 1. The number of nitrogens with zero attached hydrogens (tertiary/aromatic N) is 2. The average molecular weight is 216 g/mol. The zero-order chi connectivity index (χ0) is 11.4. The van der Waals surface area contributed by atoms with Crippen LogP contribution in [-0.4, -0.2) is 66.7 Å². The predicted molar refractivity (Wildman–Crippen MR) is 56.9 cm³/mol. The lowest BCUT2D eigenvalue weighted by Crippen LogP contribution is -2.45. The maximum absolute atomic E-state index is 11.1. The summed E-state index contributed by atoms with van der Waals surface area (Å²) in [6, 6.07) is 0.229. The third-order valence-corrected chi connectivity index (χ3v) is 2.59. The molecule has 1 amide bonds. The molecule has 1 heterocycles. The van der Waals surface area contributed by atoms with E-state index in [9.17, 15) is 9.90 Å². The molecule has 1 aliphatic rings. The first kappa shape index (κ1) is 12.4. The molecule has 6 heteroatoms. The molecule has 1 fully saturated rings. The maximum atomic E-state index is 11.1. The van der Waals surface area contributed by atoms with Crippen molar-refractivity contribution >= 4 is 5.91 Å². The third-order valence-electron chi connectivity index (χ3n) is 2.59. The minimum absolute atomic E-state index is 0.215. The molecule has 1 rings (SSSR count). The van der Waals surface area contributed by atoms with Crippen LogP contribution in [0.25, 0.3) is 0 Å². The molecule has 0 aromatic carbocycles. The molecule has 0 spiro atoms. The highest BCUT2D eigenvalue weighted by molar-refractivity contribution is 5.77. The van der Waals surface area contributed by atoms with Gasteiger partial charge in [0.05, 0.1) is 12.6 Å². The standard InChI is InChI=1S/C9H20N4O2/c1-12(2)4-7-3-8(14)5-13(7)6-9(15)11-10/h7-8,14H,3-6,10H2,1-2H3,(H,11,15). The highest BCUT2D eigenvalue weighted by Gasteiger charge is 2.31. The second-order valence-corrected chi connectivity index (χ2v) is 4.30. The van der Waals surface area contributed by atoms with E-state index in [0.29, 0.717) is 6.54 Å². The number of hydrogen-bond donors (Lipinski definition) is 3. The van der Waals surface area contributed by atoms with Crippen molar-refractivity contribution in [3.8, 4) is 0 Å². The SMILES string of the molecule is CN(C)CC1CC(O)CN1CC(=O)NN. The largest absolute Gasteiger partial charge is 0.392 e. The Hall–Kier alpha value is -0.690. The summed E-state index contributed by atoms with van der Waals surface area (Å²) in [5, 5.41) is 9.55. The van der Waals surface area contributed by atoms with E-state index >= 15 is 0 Å². The molecular weight excluding hydrogens is 196 g/mol. The number of carbonyl (C=O) groups is 1. The Bertz CT molecular complexity index is 222. The summed E-state index contributed by atoms with van der Waals surface area (Å²) in [6.45, 7) is 1.65. The van der Waals surface area contributed by atoms with Gasteiger partial charge < -0.3 is 10.0 Å². The average Bonchev–Trinajstić information content (AvgIpc) is 2.45. The first-order valence-corrected chi connectivity index (χ1v) is 5.09. The lowest BCUT2D eigenvalue weighted by molar-refractivity contribution is -0.122. The number of rotatable bonds is 4. The number of likely N-dealkylation sites (N-methyl/N-ethyl adjacent to an activating group) is 1. The van der Waals surface area contributed by atoms with E-state index in [0.717, 1.165) is 13.0 Å². The smallest absolute Gasteiger partial charge is 0.248 e. The van der Waals surface area contributed by atoms with Crippen LogP contribution in [0.1, 0.15) is 6.42 Å². The molecule has 0 saturated carbocycles. The van der Waals surface area contributed by atoms with Crippen LogP contribution in [0, 0.1) is 0 Å². The van der Waals surface area contributed by atoms with Crippen molar-refractivity contribution in [1.29, 1.82) is 0 Å². The number of carbonyl (C=O) groups excluding carboxylic acids is 1. The number of likely N-dealkylation sites (tertiary alicyclic amines) is 1. The zero-order valence-corrected chi connectivity index (χ0v) is 9.31. The lowest BCUT2D eigenvalue weighted by atomic mass is 10.2. The summed E-state index contributed by atoms with van der Waals surface area (Å²) in [6.07, 6.45) is 0.385. The summed E-state index contributed by atoms with van der Waals surface area (Å²) in [4.78, 5) is 15.1. The molecule has 2 unspecified atom stereocenters. The van der Waals surface area contributed by atoms with Crippen LogP contribution in [0.4, 0.5) is 0 Å². The van der Waals surface area contributed by atoms with Gasteiger partial charge in [0.25, 0.3) is 0 Å². The number of aliphatic hydroxyl groups is 1. The van der Waals surface area contributed by atoms with E-state index in [4.69, 9.17) is 5.84 Å². The topological polar surface area (TPSA) is 81.8 Å².